The van der Waals surface area contributed by atoms with Crippen LogP contribution in [0.1, 0.15) is 42.6 Å². The van der Waals surface area contributed by atoms with Crippen molar-refractivity contribution in [1.29, 1.82) is 0 Å². The van der Waals surface area contributed by atoms with E-state index < -0.39 is 11.6 Å². The highest BCUT2D eigenvalue weighted by atomic mass is 19.1. The van der Waals surface area contributed by atoms with Crippen molar-refractivity contribution in [1.82, 2.24) is 15.1 Å². The van der Waals surface area contributed by atoms with E-state index in [1.807, 2.05) is 24.3 Å². The molecule has 0 saturated heterocycles. The summed E-state index contributed by atoms with van der Waals surface area (Å²) in [5.74, 6) is -0.218. The number of nitrogens with one attached hydrogen (secondary N) is 1. The second-order valence-electron chi connectivity index (χ2n) is 7.73. The average molecular weight is 437 g/mol. The van der Waals surface area contributed by atoms with Crippen molar-refractivity contribution in [3.05, 3.63) is 66.1 Å². The van der Waals surface area contributed by atoms with Crippen LogP contribution in [0, 0.1) is 5.82 Å². The SMILES string of the molecule is COc1ccccc1-c1cc(C(=O)NC2(OC=O)CCCCC2)nn1-c1ccc(F)cc1. The monoisotopic (exact) mass is 437 g/mol. The fraction of sp³-hybridized carbons (Fsp3) is 0.292. The molecule has 1 heterocycles. The summed E-state index contributed by atoms with van der Waals surface area (Å²) in [6, 6.07) is 14.8. The first-order valence-corrected chi connectivity index (χ1v) is 10.5. The molecule has 1 saturated carbocycles. The standard InChI is InChI=1S/C24H24FN3O4/c1-31-22-8-4-3-7-19(22)21-15-20(27-28(21)18-11-9-17(25)10-12-18)23(30)26-24(32-16-29)13-5-2-6-14-24/h3-4,7-12,15-16H,2,5-6,13-14H2,1H3,(H,26,30). The zero-order chi connectivity index (χ0) is 22.6. The number of halogens is 1. The summed E-state index contributed by atoms with van der Waals surface area (Å²) >= 11 is 0. The number of nitrogens with zero attached hydrogens (tertiary/aromatic N) is 2. The number of aromatic nitrogens is 2. The number of benzene rings is 2. The van der Waals surface area contributed by atoms with Gasteiger partial charge in [-0.2, -0.15) is 5.10 Å². The number of carbonyl (C=O) groups excluding carboxylic acids is 2. The van der Waals surface area contributed by atoms with Gasteiger partial charge in [0.25, 0.3) is 12.4 Å². The first-order chi connectivity index (χ1) is 15.5. The molecule has 1 aliphatic rings. The quantitative estimate of drug-likeness (QED) is 0.441. The topological polar surface area (TPSA) is 82.4 Å². The summed E-state index contributed by atoms with van der Waals surface area (Å²) in [5, 5.41) is 7.37. The van der Waals surface area contributed by atoms with Gasteiger partial charge in [-0.05, 0) is 55.3 Å². The molecule has 3 aromatic rings. The third-order valence-corrected chi connectivity index (χ3v) is 5.67. The highest BCUT2D eigenvalue weighted by Gasteiger charge is 2.36. The first-order valence-electron chi connectivity index (χ1n) is 10.5. The van der Waals surface area contributed by atoms with Crippen LogP contribution < -0.4 is 10.1 Å². The molecular weight excluding hydrogens is 413 g/mol. The van der Waals surface area contributed by atoms with E-state index in [1.165, 1.54) is 12.1 Å². The normalized spacial score (nSPS) is 15.1. The lowest BCUT2D eigenvalue weighted by molar-refractivity contribution is -0.149. The average Bonchev–Trinajstić information content (AvgIpc) is 3.26. The molecule has 166 valence electrons. The molecule has 1 amide bonds. The highest BCUT2D eigenvalue weighted by Crippen LogP contribution is 2.33. The van der Waals surface area contributed by atoms with E-state index in [-0.39, 0.29) is 11.5 Å². The summed E-state index contributed by atoms with van der Waals surface area (Å²) in [7, 11) is 1.56. The van der Waals surface area contributed by atoms with Gasteiger partial charge in [0.1, 0.15) is 11.6 Å². The molecule has 1 aliphatic carbocycles. The lowest BCUT2D eigenvalue weighted by Gasteiger charge is -2.35. The van der Waals surface area contributed by atoms with E-state index in [0.717, 1.165) is 24.8 Å². The number of methoxy groups -OCH3 is 1. The maximum atomic E-state index is 13.5. The van der Waals surface area contributed by atoms with Gasteiger partial charge >= 0.3 is 0 Å². The molecule has 8 heteroatoms. The summed E-state index contributed by atoms with van der Waals surface area (Å²) in [4.78, 5) is 24.2. The largest absolute Gasteiger partial charge is 0.496 e. The van der Waals surface area contributed by atoms with Crippen molar-refractivity contribution in [2.24, 2.45) is 0 Å². The van der Waals surface area contributed by atoms with E-state index >= 15 is 0 Å². The molecule has 1 N–H and O–H groups in total. The molecule has 0 atom stereocenters. The van der Waals surface area contributed by atoms with Crippen LogP contribution in [0.2, 0.25) is 0 Å². The Labute approximate surface area is 185 Å². The molecule has 4 rings (SSSR count). The summed E-state index contributed by atoms with van der Waals surface area (Å²) in [5.41, 5.74) is 1.04. The number of para-hydroxylation sites is 1. The fourth-order valence-corrected chi connectivity index (χ4v) is 4.08. The van der Waals surface area contributed by atoms with Crippen molar-refractivity contribution >= 4 is 12.4 Å². The van der Waals surface area contributed by atoms with E-state index in [9.17, 15) is 14.0 Å². The number of hydrogen-bond acceptors (Lipinski definition) is 5. The molecule has 0 bridgehead atoms. The van der Waals surface area contributed by atoms with Crippen molar-refractivity contribution in [2.45, 2.75) is 37.8 Å². The summed E-state index contributed by atoms with van der Waals surface area (Å²) in [6.07, 6.45) is 3.83. The second-order valence-corrected chi connectivity index (χ2v) is 7.73. The van der Waals surface area contributed by atoms with Crippen LogP contribution in [0.5, 0.6) is 5.75 Å². The Balaban J connectivity index is 1.75. The van der Waals surface area contributed by atoms with Crippen LogP contribution >= 0.6 is 0 Å². The third-order valence-electron chi connectivity index (χ3n) is 5.67. The minimum Gasteiger partial charge on any atom is -0.496 e. The van der Waals surface area contributed by atoms with E-state index in [0.29, 0.717) is 36.4 Å². The molecule has 0 spiro atoms. The zero-order valence-corrected chi connectivity index (χ0v) is 17.7. The predicted molar refractivity (Wildman–Crippen MR) is 116 cm³/mol. The molecule has 1 aromatic heterocycles. The van der Waals surface area contributed by atoms with Gasteiger partial charge in [-0.3, -0.25) is 9.59 Å². The van der Waals surface area contributed by atoms with E-state index in [2.05, 4.69) is 10.4 Å². The van der Waals surface area contributed by atoms with Gasteiger partial charge in [-0.1, -0.05) is 18.6 Å². The summed E-state index contributed by atoms with van der Waals surface area (Å²) < 4.78 is 25.9. The Morgan fingerprint density at radius 3 is 2.53 bits per heavy atom. The Bertz CT molecular complexity index is 1100. The zero-order valence-electron chi connectivity index (χ0n) is 17.7. The molecule has 32 heavy (non-hydrogen) atoms. The van der Waals surface area contributed by atoms with Gasteiger partial charge in [-0.15, -0.1) is 0 Å². The van der Waals surface area contributed by atoms with E-state index in [1.54, 1.807) is 30.0 Å². The number of hydrogen-bond donors (Lipinski definition) is 1. The van der Waals surface area contributed by atoms with Gasteiger partial charge in [0, 0.05) is 18.4 Å². The maximum Gasteiger partial charge on any atom is 0.295 e. The third kappa shape index (κ3) is 4.34. The molecular formula is C24H24FN3O4. The minimum absolute atomic E-state index is 0.148. The molecule has 0 unspecified atom stereocenters. The Hall–Kier alpha value is -3.68. The number of ether oxygens (including phenoxy) is 2. The predicted octanol–water partition coefficient (Wildman–Crippen LogP) is 4.25. The lowest BCUT2D eigenvalue weighted by Crippen LogP contribution is -2.51. The van der Waals surface area contributed by atoms with Gasteiger partial charge in [0.15, 0.2) is 11.4 Å². The van der Waals surface area contributed by atoms with Crippen molar-refractivity contribution in [2.75, 3.05) is 7.11 Å². The van der Waals surface area contributed by atoms with Crippen LogP contribution in [0.15, 0.2) is 54.6 Å². The molecule has 1 fully saturated rings. The van der Waals surface area contributed by atoms with E-state index in [4.69, 9.17) is 9.47 Å². The lowest BCUT2D eigenvalue weighted by atomic mass is 9.91. The molecule has 7 nitrogen and oxygen atoms in total. The van der Waals surface area contributed by atoms with Crippen LogP contribution in [0.3, 0.4) is 0 Å². The van der Waals surface area contributed by atoms with Crippen LogP contribution in [-0.4, -0.2) is 35.0 Å². The van der Waals surface area contributed by atoms with Gasteiger partial charge in [0.05, 0.1) is 18.5 Å². The fourth-order valence-electron chi connectivity index (χ4n) is 4.08. The van der Waals surface area contributed by atoms with Gasteiger partial charge < -0.3 is 14.8 Å². The highest BCUT2D eigenvalue weighted by molar-refractivity contribution is 5.94. The first kappa shape index (κ1) is 21.5. The van der Waals surface area contributed by atoms with Gasteiger partial charge in [-0.25, -0.2) is 9.07 Å². The Kier molecular flexibility index (Phi) is 6.20. The smallest absolute Gasteiger partial charge is 0.295 e. The van der Waals surface area contributed by atoms with Crippen molar-refractivity contribution < 1.29 is 23.5 Å². The second kappa shape index (κ2) is 9.21. The van der Waals surface area contributed by atoms with Crippen LogP contribution in [0.25, 0.3) is 16.9 Å². The number of amides is 1. The minimum atomic E-state index is -1.03. The van der Waals surface area contributed by atoms with Crippen LogP contribution in [-0.2, 0) is 9.53 Å². The van der Waals surface area contributed by atoms with Crippen molar-refractivity contribution in [3.8, 4) is 22.7 Å². The number of rotatable bonds is 7. The molecule has 0 aliphatic heterocycles. The molecule has 0 radical (unpaired) electrons. The summed E-state index contributed by atoms with van der Waals surface area (Å²) in [6.45, 7) is 0.378. The maximum absolute atomic E-state index is 13.5. The van der Waals surface area contributed by atoms with Crippen LogP contribution in [0.4, 0.5) is 4.39 Å². The van der Waals surface area contributed by atoms with Gasteiger partial charge in [0.2, 0.25) is 0 Å². The van der Waals surface area contributed by atoms with Crippen molar-refractivity contribution in [3.63, 3.8) is 0 Å². The number of carbonyl (C=O) groups is 2. The molecule has 2 aromatic carbocycles. The Morgan fingerprint density at radius 2 is 1.84 bits per heavy atom. The Morgan fingerprint density at radius 1 is 1.12 bits per heavy atom.